The topological polar surface area (TPSA) is 70.2 Å². The van der Waals surface area contributed by atoms with Gasteiger partial charge in [0.25, 0.3) is 0 Å². The van der Waals surface area contributed by atoms with Crippen LogP contribution in [0, 0.1) is 12.3 Å². The first-order valence-corrected chi connectivity index (χ1v) is 11.2. The summed E-state index contributed by atoms with van der Waals surface area (Å²) in [5, 5.41) is 8.57. The number of benzene rings is 1. The van der Waals surface area contributed by atoms with Gasteiger partial charge in [0.1, 0.15) is 6.04 Å². The molecule has 1 aromatic carbocycles. The zero-order chi connectivity index (χ0) is 20.1. The monoisotopic (exact) mass is 405 g/mol. The van der Waals surface area contributed by atoms with E-state index >= 15 is 0 Å². The minimum Gasteiger partial charge on any atom is -0.350 e. The SMILES string of the molecule is C#CCC(NC(=O)[C@@H](CSSCC)NC)C(=O)NCc1ccc(C=C)cc1. The number of hydrogen-bond acceptors (Lipinski definition) is 5. The molecule has 0 fully saturated rings. The molecule has 1 unspecified atom stereocenters. The number of terminal acetylenes is 1. The van der Waals surface area contributed by atoms with Gasteiger partial charge in [-0.3, -0.25) is 9.59 Å². The number of carbonyl (C=O) groups is 2. The van der Waals surface area contributed by atoms with Gasteiger partial charge in [0.15, 0.2) is 0 Å². The normalized spacial score (nSPS) is 12.5. The van der Waals surface area contributed by atoms with Crippen LogP contribution in [0.3, 0.4) is 0 Å². The minimum absolute atomic E-state index is 0.139. The molecule has 0 bridgehead atoms. The fraction of sp³-hybridized carbons (Fsp3) is 0.400. The van der Waals surface area contributed by atoms with Crippen molar-refractivity contribution in [3.63, 3.8) is 0 Å². The van der Waals surface area contributed by atoms with Crippen molar-refractivity contribution in [2.75, 3.05) is 18.6 Å². The molecule has 0 aliphatic heterocycles. The highest BCUT2D eigenvalue weighted by Gasteiger charge is 2.24. The first kappa shape index (κ1) is 23.2. The number of amides is 2. The van der Waals surface area contributed by atoms with E-state index in [9.17, 15) is 9.59 Å². The third-order valence-corrected chi connectivity index (χ3v) is 6.23. The van der Waals surface area contributed by atoms with E-state index in [2.05, 4.69) is 35.4 Å². The summed E-state index contributed by atoms with van der Waals surface area (Å²) in [4.78, 5) is 24.9. The lowest BCUT2D eigenvalue weighted by Gasteiger charge is -2.20. The molecular formula is C20H27N3O2S2. The lowest BCUT2D eigenvalue weighted by atomic mass is 10.1. The van der Waals surface area contributed by atoms with Crippen LogP contribution in [0.2, 0.25) is 0 Å². The van der Waals surface area contributed by atoms with Crippen LogP contribution < -0.4 is 16.0 Å². The lowest BCUT2D eigenvalue weighted by molar-refractivity contribution is -0.129. The lowest BCUT2D eigenvalue weighted by Crippen LogP contribution is -2.52. The zero-order valence-electron chi connectivity index (χ0n) is 15.8. The molecule has 3 N–H and O–H groups in total. The van der Waals surface area contributed by atoms with Crippen LogP contribution >= 0.6 is 21.6 Å². The second-order valence-corrected chi connectivity index (χ2v) is 8.46. The van der Waals surface area contributed by atoms with Gasteiger partial charge in [0.2, 0.25) is 11.8 Å². The van der Waals surface area contributed by atoms with Crippen LogP contribution in [0.25, 0.3) is 6.08 Å². The molecule has 0 spiro atoms. The molecule has 1 rings (SSSR count). The van der Waals surface area contributed by atoms with Gasteiger partial charge in [-0.05, 0) is 18.2 Å². The highest BCUT2D eigenvalue weighted by molar-refractivity contribution is 8.76. The molecule has 27 heavy (non-hydrogen) atoms. The van der Waals surface area contributed by atoms with Crippen molar-refractivity contribution in [2.45, 2.75) is 32.0 Å². The smallest absolute Gasteiger partial charge is 0.243 e. The van der Waals surface area contributed by atoms with Gasteiger partial charge in [-0.1, -0.05) is 65.4 Å². The Kier molecular flexibility index (Phi) is 11.4. The maximum absolute atomic E-state index is 12.5. The molecule has 0 aromatic heterocycles. The molecule has 2 atom stereocenters. The molecular weight excluding hydrogens is 378 g/mol. The molecule has 0 heterocycles. The maximum Gasteiger partial charge on any atom is 0.243 e. The van der Waals surface area contributed by atoms with Crippen molar-refractivity contribution in [2.24, 2.45) is 0 Å². The summed E-state index contributed by atoms with van der Waals surface area (Å²) in [6.45, 7) is 6.14. The standard InChI is InChI=1S/C20H27N3O2S2/c1-5-8-17(23-20(25)18(21-4)14-27-26-7-3)19(24)22-13-16-11-9-15(6-2)10-12-16/h1,6,9-12,17-18,21H,2,7-8,13-14H2,3-4H3,(H,22,24)(H,23,25)/t17?,18-/m1/s1. The number of rotatable bonds is 12. The summed E-state index contributed by atoms with van der Waals surface area (Å²) < 4.78 is 0. The third kappa shape index (κ3) is 8.57. The number of likely N-dealkylation sites (N-methyl/N-ethyl adjacent to an activating group) is 1. The minimum atomic E-state index is -0.755. The van der Waals surface area contributed by atoms with Crippen LogP contribution in [0.5, 0.6) is 0 Å². The predicted molar refractivity (Wildman–Crippen MR) is 117 cm³/mol. The molecule has 0 radical (unpaired) electrons. The van der Waals surface area contributed by atoms with E-state index < -0.39 is 6.04 Å². The second kappa shape index (κ2) is 13.3. The Bertz CT molecular complexity index is 656. The van der Waals surface area contributed by atoms with E-state index in [0.29, 0.717) is 12.3 Å². The Morgan fingerprint density at radius 3 is 2.48 bits per heavy atom. The van der Waals surface area contributed by atoms with Crippen molar-refractivity contribution < 1.29 is 9.59 Å². The van der Waals surface area contributed by atoms with Gasteiger partial charge < -0.3 is 16.0 Å². The average molecular weight is 406 g/mol. The van der Waals surface area contributed by atoms with Crippen LogP contribution in [0.4, 0.5) is 0 Å². The van der Waals surface area contributed by atoms with Crippen LogP contribution in [0.15, 0.2) is 30.8 Å². The first-order chi connectivity index (χ1) is 13.0. The first-order valence-electron chi connectivity index (χ1n) is 8.70. The Labute approximate surface area is 169 Å². The third-order valence-electron chi connectivity index (χ3n) is 3.74. The highest BCUT2D eigenvalue weighted by atomic mass is 33.1. The predicted octanol–water partition coefficient (Wildman–Crippen LogP) is 2.44. The molecule has 0 aliphatic carbocycles. The van der Waals surface area contributed by atoms with Crippen LogP contribution in [-0.4, -0.2) is 42.5 Å². The van der Waals surface area contributed by atoms with Crippen LogP contribution in [0.1, 0.15) is 24.5 Å². The molecule has 5 nitrogen and oxygen atoms in total. The summed E-state index contributed by atoms with van der Waals surface area (Å²) >= 11 is 0. The highest BCUT2D eigenvalue weighted by Crippen LogP contribution is 2.21. The molecule has 0 aliphatic rings. The Morgan fingerprint density at radius 1 is 1.22 bits per heavy atom. The second-order valence-electron chi connectivity index (χ2n) is 5.67. The van der Waals surface area contributed by atoms with Gasteiger partial charge >= 0.3 is 0 Å². The molecule has 146 valence electrons. The van der Waals surface area contributed by atoms with E-state index in [-0.39, 0.29) is 24.3 Å². The summed E-state index contributed by atoms with van der Waals surface area (Å²) in [6.07, 6.45) is 7.27. The molecule has 0 saturated heterocycles. The fourth-order valence-corrected chi connectivity index (χ4v) is 4.09. The quantitative estimate of drug-likeness (QED) is 0.283. The molecule has 2 amide bonds. The largest absolute Gasteiger partial charge is 0.350 e. The Hall–Kier alpha value is -1.88. The molecule has 0 saturated carbocycles. The molecule has 7 heteroatoms. The maximum atomic E-state index is 12.5. The van der Waals surface area contributed by atoms with Crippen molar-refractivity contribution in [3.05, 3.63) is 42.0 Å². The van der Waals surface area contributed by atoms with Gasteiger partial charge in [0.05, 0.1) is 6.04 Å². The Balaban J connectivity index is 2.61. The zero-order valence-corrected chi connectivity index (χ0v) is 17.4. The number of hydrogen-bond donors (Lipinski definition) is 3. The van der Waals surface area contributed by atoms with E-state index in [1.165, 1.54) is 0 Å². The average Bonchev–Trinajstić information content (AvgIpc) is 2.69. The summed E-state index contributed by atoms with van der Waals surface area (Å²) in [5.41, 5.74) is 1.97. The van der Waals surface area contributed by atoms with Gasteiger partial charge in [-0.2, -0.15) is 0 Å². The summed E-state index contributed by atoms with van der Waals surface area (Å²) in [6, 6.07) is 6.57. The summed E-state index contributed by atoms with van der Waals surface area (Å²) in [7, 11) is 5.04. The van der Waals surface area contributed by atoms with E-state index in [1.807, 2.05) is 24.3 Å². The molecule has 1 aromatic rings. The number of nitrogens with one attached hydrogen (secondary N) is 3. The van der Waals surface area contributed by atoms with E-state index in [4.69, 9.17) is 6.42 Å². The van der Waals surface area contributed by atoms with Crippen LogP contribution in [-0.2, 0) is 16.1 Å². The van der Waals surface area contributed by atoms with Gasteiger partial charge in [0, 0.05) is 24.5 Å². The van der Waals surface area contributed by atoms with Crippen molar-refractivity contribution in [3.8, 4) is 12.3 Å². The number of carbonyl (C=O) groups excluding carboxylic acids is 2. The van der Waals surface area contributed by atoms with E-state index in [1.54, 1.807) is 34.7 Å². The van der Waals surface area contributed by atoms with Gasteiger partial charge in [-0.15, -0.1) is 12.3 Å². The van der Waals surface area contributed by atoms with Gasteiger partial charge in [-0.25, -0.2) is 0 Å². The fourth-order valence-electron chi connectivity index (χ4n) is 2.17. The van der Waals surface area contributed by atoms with Crippen molar-refractivity contribution in [1.82, 2.24) is 16.0 Å². The van der Waals surface area contributed by atoms with Crippen molar-refractivity contribution in [1.29, 1.82) is 0 Å². The summed E-state index contributed by atoms with van der Waals surface area (Å²) in [5.74, 6) is 3.52. The Morgan fingerprint density at radius 2 is 1.93 bits per heavy atom. The van der Waals surface area contributed by atoms with E-state index in [0.717, 1.165) is 16.9 Å². The van der Waals surface area contributed by atoms with Crippen molar-refractivity contribution >= 4 is 39.5 Å².